The van der Waals surface area contributed by atoms with Crippen molar-refractivity contribution in [1.29, 1.82) is 0 Å². The van der Waals surface area contributed by atoms with E-state index in [4.69, 9.17) is 0 Å². The van der Waals surface area contributed by atoms with Gasteiger partial charge in [-0.05, 0) is 0 Å². The molecule has 0 spiro atoms. The Morgan fingerprint density at radius 2 is 2.11 bits per heavy atom. The van der Waals surface area contributed by atoms with Crippen LogP contribution >= 0.6 is 11.3 Å². The summed E-state index contributed by atoms with van der Waals surface area (Å²) < 4.78 is 26.1. The number of nitrogens with one attached hydrogen (secondary N) is 2. The van der Waals surface area contributed by atoms with Crippen LogP contribution in [-0.2, 0) is 10.0 Å². The van der Waals surface area contributed by atoms with E-state index in [-0.39, 0.29) is 11.7 Å². The molecule has 0 amide bonds. The summed E-state index contributed by atoms with van der Waals surface area (Å²) in [6.45, 7) is 6.82. The van der Waals surface area contributed by atoms with E-state index in [1.54, 1.807) is 17.5 Å². The quantitative estimate of drug-likeness (QED) is 0.754. The van der Waals surface area contributed by atoms with Gasteiger partial charge < -0.3 is 5.32 Å². The molecule has 1 heterocycles. The van der Waals surface area contributed by atoms with Crippen LogP contribution in [0.15, 0.2) is 11.6 Å². The lowest BCUT2D eigenvalue weighted by Gasteiger charge is -2.12. The minimum Gasteiger partial charge on any atom is -0.313 e. The van der Waals surface area contributed by atoms with E-state index in [1.807, 2.05) is 26.2 Å². The summed E-state index contributed by atoms with van der Waals surface area (Å²) in [5.41, 5.74) is 0. The zero-order valence-electron chi connectivity index (χ0n) is 11.0. The van der Waals surface area contributed by atoms with Crippen molar-refractivity contribution in [2.24, 2.45) is 0 Å². The fourth-order valence-electron chi connectivity index (χ4n) is 1.37. The van der Waals surface area contributed by atoms with E-state index >= 15 is 0 Å². The van der Waals surface area contributed by atoms with Crippen LogP contribution in [0.1, 0.15) is 31.7 Å². The van der Waals surface area contributed by atoms with Crippen LogP contribution < -0.4 is 10.0 Å². The Morgan fingerprint density at radius 3 is 2.67 bits per heavy atom. The molecular weight excluding hydrogens is 270 g/mol. The third-order valence-corrected chi connectivity index (χ3v) is 4.76. The summed E-state index contributed by atoms with van der Waals surface area (Å²) in [6.07, 6.45) is 1.73. The lowest BCUT2D eigenvalue weighted by molar-refractivity contribution is 0.562. The van der Waals surface area contributed by atoms with Crippen LogP contribution in [0.3, 0.4) is 0 Å². The molecule has 0 saturated heterocycles. The summed E-state index contributed by atoms with van der Waals surface area (Å²) in [4.78, 5) is 4.17. The van der Waals surface area contributed by atoms with E-state index in [0.717, 1.165) is 5.01 Å². The lowest BCUT2D eigenvalue weighted by Crippen LogP contribution is -2.35. The Morgan fingerprint density at radius 1 is 1.39 bits per heavy atom. The Hall–Kier alpha value is -0.500. The van der Waals surface area contributed by atoms with E-state index in [9.17, 15) is 8.42 Å². The van der Waals surface area contributed by atoms with Gasteiger partial charge in [0.2, 0.25) is 10.0 Å². The van der Waals surface area contributed by atoms with Crippen LogP contribution in [0.2, 0.25) is 0 Å². The number of hydrogen-bond donors (Lipinski definition) is 2. The average molecular weight is 291 g/mol. The van der Waals surface area contributed by atoms with Gasteiger partial charge >= 0.3 is 0 Å². The molecule has 0 fully saturated rings. The van der Waals surface area contributed by atoms with Gasteiger partial charge in [0.1, 0.15) is 0 Å². The highest BCUT2D eigenvalue weighted by Crippen LogP contribution is 2.16. The van der Waals surface area contributed by atoms with Gasteiger partial charge in [-0.15, -0.1) is 11.3 Å². The van der Waals surface area contributed by atoms with Crippen LogP contribution in [0, 0.1) is 0 Å². The maximum atomic E-state index is 11.7. The molecule has 1 aromatic rings. The molecule has 0 bridgehead atoms. The minimum atomic E-state index is -3.20. The fourth-order valence-corrected chi connectivity index (χ4v) is 3.10. The van der Waals surface area contributed by atoms with E-state index in [2.05, 4.69) is 15.0 Å². The molecule has 0 radical (unpaired) electrons. The number of sulfonamides is 1. The number of thiazole rings is 1. The predicted molar refractivity (Wildman–Crippen MR) is 75.5 cm³/mol. The number of aromatic nitrogens is 1. The maximum Gasteiger partial charge on any atom is 0.212 e. The zero-order chi connectivity index (χ0) is 13.6. The molecule has 2 N–H and O–H groups in total. The van der Waals surface area contributed by atoms with Crippen molar-refractivity contribution in [1.82, 2.24) is 15.0 Å². The van der Waals surface area contributed by atoms with Crippen LogP contribution in [-0.4, -0.2) is 38.3 Å². The fraction of sp³-hybridized carbons (Fsp3) is 0.727. The first-order valence-electron chi connectivity index (χ1n) is 6.01. The van der Waals surface area contributed by atoms with E-state index in [0.29, 0.717) is 19.1 Å². The van der Waals surface area contributed by atoms with Gasteiger partial charge in [0, 0.05) is 36.6 Å². The van der Waals surface area contributed by atoms with Crippen LogP contribution in [0.25, 0.3) is 0 Å². The molecule has 104 valence electrons. The van der Waals surface area contributed by atoms with Gasteiger partial charge in [0.15, 0.2) is 0 Å². The van der Waals surface area contributed by atoms with Crippen molar-refractivity contribution < 1.29 is 8.42 Å². The zero-order valence-corrected chi connectivity index (χ0v) is 12.6. The van der Waals surface area contributed by atoms with Gasteiger partial charge in [-0.1, -0.05) is 20.8 Å². The van der Waals surface area contributed by atoms with Crippen LogP contribution in [0.5, 0.6) is 0 Å². The molecule has 18 heavy (non-hydrogen) atoms. The van der Waals surface area contributed by atoms with Crippen molar-refractivity contribution >= 4 is 21.4 Å². The average Bonchev–Trinajstić information content (AvgIpc) is 2.78. The minimum absolute atomic E-state index is 0.107. The van der Waals surface area contributed by atoms with Crippen molar-refractivity contribution in [2.75, 3.05) is 18.8 Å². The highest BCUT2D eigenvalue weighted by atomic mass is 32.2. The molecule has 1 aromatic heterocycles. The Balaban J connectivity index is 2.33. The van der Waals surface area contributed by atoms with Crippen molar-refractivity contribution in [2.45, 2.75) is 32.7 Å². The topological polar surface area (TPSA) is 71.1 Å². The van der Waals surface area contributed by atoms with E-state index < -0.39 is 10.0 Å². The Kier molecular flexibility index (Phi) is 6.20. The summed E-state index contributed by atoms with van der Waals surface area (Å²) in [5, 5.41) is 5.94. The Bertz CT molecular complexity index is 429. The van der Waals surface area contributed by atoms with Gasteiger partial charge in [0.05, 0.1) is 10.8 Å². The molecule has 1 atom stereocenters. The summed E-state index contributed by atoms with van der Waals surface area (Å²) in [7, 11) is -3.20. The second-order valence-electron chi connectivity index (χ2n) is 4.55. The normalized spacial score (nSPS) is 14.0. The number of hydrogen-bond acceptors (Lipinski definition) is 5. The molecule has 0 saturated carbocycles. The molecule has 1 rings (SSSR count). The van der Waals surface area contributed by atoms with Crippen molar-refractivity contribution in [3.8, 4) is 0 Å². The SMILES string of the molecule is CC(C)NCCS(=O)(=O)NCC(C)c1nccs1. The second-order valence-corrected chi connectivity index (χ2v) is 7.40. The molecule has 0 aliphatic heterocycles. The molecular formula is C11H21N3O2S2. The molecule has 0 aliphatic carbocycles. The highest BCUT2D eigenvalue weighted by molar-refractivity contribution is 7.89. The summed E-state index contributed by atoms with van der Waals surface area (Å²) in [5.74, 6) is 0.216. The third-order valence-electron chi connectivity index (χ3n) is 2.41. The standard InChI is InChI=1S/C11H21N3O2S2/c1-9(2)12-5-7-18(15,16)14-8-10(3)11-13-4-6-17-11/h4,6,9-10,12,14H,5,7-8H2,1-3H3. The molecule has 5 nitrogen and oxygen atoms in total. The molecule has 7 heteroatoms. The van der Waals surface area contributed by atoms with Gasteiger partial charge in [0.25, 0.3) is 0 Å². The molecule has 1 unspecified atom stereocenters. The maximum absolute atomic E-state index is 11.7. The second kappa shape index (κ2) is 7.18. The van der Waals surface area contributed by atoms with Crippen molar-refractivity contribution in [3.05, 3.63) is 16.6 Å². The monoisotopic (exact) mass is 291 g/mol. The lowest BCUT2D eigenvalue weighted by atomic mass is 10.2. The smallest absolute Gasteiger partial charge is 0.212 e. The van der Waals surface area contributed by atoms with Crippen molar-refractivity contribution in [3.63, 3.8) is 0 Å². The summed E-state index contributed by atoms with van der Waals surface area (Å²) in [6, 6.07) is 0.300. The highest BCUT2D eigenvalue weighted by Gasteiger charge is 2.14. The van der Waals surface area contributed by atoms with Gasteiger partial charge in [-0.3, -0.25) is 0 Å². The van der Waals surface area contributed by atoms with Gasteiger partial charge in [-0.25, -0.2) is 18.1 Å². The predicted octanol–water partition coefficient (Wildman–Crippen LogP) is 1.16. The molecule has 0 aliphatic rings. The summed E-state index contributed by atoms with van der Waals surface area (Å²) >= 11 is 1.55. The first-order chi connectivity index (χ1) is 8.41. The number of nitrogens with zero attached hydrogens (tertiary/aromatic N) is 1. The first kappa shape index (κ1) is 15.6. The van der Waals surface area contributed by atoms with Gasteiger partial charge in [-0.2, -0.15) is 0 Å². The first-order valence-corrected chi connectivity index (χ1v) is 8.54. The third kappa shape index (κ3) is 5.90. The van der Waals surface area contributed by atoms with E-state index in [1.165, 1.54) is 0 Å². The Labute approximate surface area is 113 Å². The molecule has 0 aromatic carbocycles. The largest absolute Gasteiger partial charge is 0.313 e. The van der Waals surface area contributed by atoms with Crippen LogP contribution in [0.4, 0.5) is 0 Å². The number of rotatable bonds is 8.